The fraction of sp³-hybridized carbons (Fsp3) is 0.333. The number of benzene rings is 1. The maximum Gasteiger partial charge on any atom is 0.208 e. The van der Waals surface area contributed by atoms with E-state index < -0.39 is 6.10 Å². The number of nitriles is 1. The summed E-state index contributed by atoms with van der Waals surface area (Å²) in [5.41, 5.74) is 5.39. The zero-order valence-electron chi connectivity index (χ0n) is 19.1. The number of aliphatic hydroxyl groups excluding tert-OH is 1. The molecular formula is C24H24FN7O2. The van der Waals surface area contributed by atoms with E-state index in [0.717, 1.165) is 28.1 Å². The molecule has 10 heteroatoms. The van der Waals surface area contributed by atoms with Crippen LogP contribution in [0.25, 0.3) is 16.8 Å². The molecular weight excluding hydrogens is 437 g/mol. The highest BCUT2D eigenvalue weighted by Crippen LogP contribution is 2.33. The van der Waals surface area contributed by atoms with Crippen LogP contribution >= 0.6 is 0 Å². The van der Waals surface area contributed by atoms with Crippen LogP contribution in [0.2, 0.25) is 0 Å². The Morgan fingerprint density at radius 3 is 2.94 bits per heavy atom. The van der Waals surface area contributed by atoms with Crippen molar-refractivity contribution in [3.05, 3.63) is 58.6 Å². The van der Waals surface area contributed by atoms with Crippen molar-refractivity contribution in [2.75, 3.05) is 11.9 Å². The second-order valence-corrected chi connectivity index (χ2v) is 8.46. The van der Waals surface area contributed by atoms with Crippen LogP contribution < -0.4 is 10.1 Å². The van der Waals surface area contributed by atoms with Crippen LogP contribution in [0, 0.1) is 31.0 Å². The Morgan fingerprint density at radius 2 is 2.18 bits per heavy atom. The van der Waals surface area contributed by atoms with Gasteiger partial charge in [0.25, 0.3) is 0 Å². The van der Waals surface area contributed by atoms with Crippen LogP contribution in [0.15, 0.2) is 24.5 Å². The molecule has 1 atom stereocenters. The number of nitrogens with one attached hydrogen (secondary N) is 1. The van der Waals surface area contributed by atoms with Crippen LogP contribution in [-0.4, -0.2) is 42.0 Å². The van der Waals surface area contributed by atoms with E-state index in [-0.39, 0.29) is 18.1 Å². The molecule has 0 aliphatic carbocycles. The first-order valence-electron chi connectivity index (χ1n) is 11.0. The standard InChI is InChI=1S/C24H24FN7O2/c1-13(33)11-32-15(3)22(14(2)30-32)19-10-28-24(31-12-16(8-26)29-23(19)31)27-9-18-17-6-7-34-21(17)5-4-20(18)25/h4-5,10,12-13,33H,6-7,9,11H2,1-3H3,(H,27,28). The van der Waals surface area contributed by atoms with E-state index in [2.05, 4.69) is 26.5 Å². The summed E-state index contributed by atoms with van der Waals surface area (Å²) in [6.07, 6.45) is 3.40. The molecule has 0 saturated carbocycles. The third kappa shape index (κ3) is 3.64. The minimum atomic E-state index is -0.544. The average Bonchev–Trinajstić information content (AvgIpc) is 3.51. The summed E-state index contributed by atoms with van der Waals surface area (Å²) in [6.45, 7) is 6.64. The van der Waals surface area contributed by atoms with Gasteiger partial charge in [-0.25, -0.2) is 14.4 Å². The van der Waals surface area contributed by atoms with Crippen molar-refractivity contribution in [3.8, 4) is 22.9 Å². The number of hydrogen-bond acceptors (Lipinski definition) is 7. The number of fused-ring (bicyclic) bond motifs is 2. The summed E-state index contributed by atoms with van der Waals surface area (Å²) in [6, 6.07) is 5.15. The van der Waals surface area contributed by atoms with E-state index in [9.17, 15) is 14.8 Å². The molecule has 34 heavy (non-hydrogen) atoms. The van der Waals surface area contributed by atoms with Gasteiger partial charge < -0.3 is 15.2 Å². The van der Waals surface area contributed by atoms with Gasteiger partial charge in [0.2, 0.25) is 5.95 Å². The minimum absolute atomic E-state index is 0.213. The van der Waals surface area contributed by atoms with Gasteiger partial charge in [0, 0.05) is 47.1 Å². The van der Waals surface area contributed by atoms with Gasteiger partial charge in [-0.05, 0) is 32.9 Å². The Kier molecular flexibility index (Phi) is 5.42. The molecule has 9 nitrogen and oxygen atoms in total. The first-order valence-corrected chi connectivity index (χ1v) is 11.0. The van der Waals surface area contributed by atoms with Crippen molar-refractivity contribution in [2.24, 2.45) is 0 Å². The fourth-order valence-electron chi connectivity index (χ4n) is 4.53. The lowest BCUT2D eigenvalue weighted by molar-refractivity contribution is 0.167. The average molecular weight is 462 g/mol. The van der Waals surface area contributed by atoms with E-state index in [0.29, 0.717) is 42.5 Å². The maximum atomic E-state index is 14.6. The molecule has 5 rings (SSSR count). The number of hydrogen-bond donors (Lipinski definition) is 2. The van der Waals surface area contributed by atoms with Crippen molar-refractivity contribution in [2.45, 2.75) is 46.4 Å². The molecule has 0 saturated heterocycles. The number of aryl methyl sites for hydroxylation is 1. The number of aliphatic hydroxyl groups is 1. The van der Waals surface area contributed by atoms with E-state index in [1.807, 2.05) is 13.8 Å². The molecule has 4 heterocycles. The molecule has 0 bridgehead atoms. The number of aromatic nitrogens is 5. The zero-order valence-corrected chi connectivity index (χ0v) is 19.1. The second kappa shape index (κ2) is 8.43. The summed E-state index contributed by atoms with van der Waals surface area (Å²) in [7, 11) is 0. The lowest BCUT2D eigenvalue weighted by atomic mass is 10.0. The Labute approximate surface area is 195 Å². The van der Waals surface area contributed by atoms with E-state index >= 15 is 0 Å². The van der Waals surface area contributed by atoms with Crippen LogP contribution in [0.1, 0.15) is 35.1 Å². The van der Waals surface area contributed by atoms with Crippen molar-refractivity contribution in [1.82, 2.24) is 24.1 Å². The first-order chi connectivity index (χ1) is 16.4. The zero-order chi connectivity index (χ0) is 24.0. The summed E-state index contributed by atoms with van der Waals surface area (Å²) in [4.78, 5) is 9.08. The molecule has 0 fully saturated rings. The highest BCUT2D eigenvalue weighted by molar-refractivity contribution is 5.81. The molecule has 0 amide bonds. The smallest absolute Gasteiger partial charge is 0.208 e. The van der Waals surface area contributed by atoms with Crippen LogP contribution in [0.5, 0.6) is 5.75 Å². The molecule has 4 aromatic rings. The first kappa shape index (κ1) is 21.9. The summed E-state index contributed by atoms with van der Waals surface area (Å²) < 4.78 is 23.6. The highest BCUT2D eigenvalue weighted by Gasteiger charge is 2.22. The summed E-state index contributed by atoms with van der Waals surface area (Å²) >= 11 is 0. The Morgan fingerprint density at radius 1 is 1.35 bits per heavy atom. The lowest BCUT2D eigenvalue weighted by Crippen LogP contribution is -2.14. The molecule has 1 aromatic carbocycles. The minimum Gasteiger partial charge on any atom is -0.493 e. The Hall–Kier alpha value is -3.97. The molecule has 0 radical (unpaired) electrons. The predicted molar refractivity (Wildman–Crippen MR) is 123 cm³/mol. The SMILES string of the molecule is Cc1nn(CC(C)O)c(C)c1-c1cnc(NCc2c(F)ccc3c2CCO3)n2cc(C#N)nc12. The number of rotatable bonds is 6. The van der Waals surface area contributed by atoms with E-state index in [4.69, 9.17) is 4.74 Å². The van der Waals surface area contributed by atoms with Crippen LogP contribution in [0.3, 0.4) is 0 Å². The second-order valence-electron chi connectivity index (χ2n) is 8.46. The Bertz CT molecular complexity index is 1450. The Balaban J connectivity index is 1.56. The predicted octanol–water partition coefficient (Wildman–Crippen LogP) is 3.15. The largest absolute Gasteiger partial charge is 0.493 e. The monoisotopic (exact) mass is 461 g/mol. The third-order valence-corrected chi connectivity index (χ3v) is 6.06. The van der Waals surface area contributed by atoms with E-state index in [1.165, 1.54) is 6.07 Å². The molecule has 3 aromatic heterocycles. The lowest BCUT2D eigenvalue weighted by Gasteiger charge is -2.13. The summed E-state index contributed by atoms with van der Waals surface area (Å²) in [5, 5.41) is 27.0. The quantitative estimate of drug-likeness (QED) is 0.453. The molecule has 0 spiro atoms. The van der Waals surface area contributed by atoms with E-state index in [1.54, 1.807) is 34.5 Å². The number of anilines is 1. The van der Waals surface area contributed by atoms with Gasteiger partial charge in [-0.1, -0.05) is 0 Å². The third-order valence-electron chi connectivity index (χ3n) is 6.06. The molecule has 1 aliphatic heterocycles. The molecule has 1 aliphatic rings. The molecule has 1 unspecified atom stereocenters. The van der Waals surface area contributed by atoms with Gasteiger partial charge in [0.1, 0.15) is 17.6 Å². The van der Waals surface area contributed by atoms with Gasteiger partial charge >= 0.3 is 0 Å². The van der Waals surface area contributed by atoms with Crippen molar-refractivity contribution < 1.29 is 14.2 Å². The normalized spacial score (nSPS) is 13.5. The van der Waals surface area contributed by atoms with Gasteiger partial charge in [-0.2, -0.15) is 10.4 Å². The highest BCUT2D eigenvalue weighted by atomic mass is 19.1. The molecule has 174 valence electrons. The number of halogens is 1. The van der Waals surface area contributed by atoms with Crippen molar-refractivity contribution >= 4 is 11.6 Å². The summed E-state index contributed by atoms with van der Waals surface area (Å²) in [5.74, 6) is 0.848. The molecule has 2 N–H and O–H groups in total. The van der Waals surface area contributed by atoms with Gasteiger partial charge in [0.15, 0.2) is 11.3 Å². The van der Waals surface area contributed by atoms with Gasteiger partial charge in [-0.15, -0.1) is 0 Å². The van der Waals surface area contributed by atoms with Crippen LogP contribution in [-0.2, 0) is 19.5 Å². The van der Waals surface area contributed by atoms with Gasteiger partial charge in [0.05, 0.1) is 31.1 Å². The van der Waals surface area contributed by atoms with Crippen LogP contribution in [0.4, 0.5) is 10.3 Å². The number of nitrogens with zero attached hydrogens (tertiary/aromatic N) is 6. The number of ether oxygens (including phenoxy) is 1. The van der Waals surface area contributed by atoms with Crippen molar-refractivity contribution in [3.63, 3.8) is 0 Å². The topological polar surface area (TPSA) is 113 Å². The maximum absolute atomic E-state index is 14.6. The van der Waals surface area contributed by atoms with Crippen molar-refractivity contribution in [1.29, 1.82) is 5.26 Å². The fourth-order valence-corrected chi connectivity index (χ4v) is 4.53. The number of imidazole rings is 1. The van der Waals surface area contributed by atoms with Gasteiger partial charge in [-0.3, -0.25) is 9.08 Å².